The highest BCUT2D eigenvalue weighted by atomic mass is 35.5. The van der Waals surface area contributed by atoms with Gasteiger partial charge in [0.2, 0.25) is 0 Å². The number of alkyl halides is 3. The molecule has 2 saturated heterocycles. The molecule has 3 atom stereocenters. The van der Waals surface area contributed by atoms with E-state index in [0.29, 0.717) is 62.9 Å². The molecular weight excluding hydrogens is 895 g/mol. The van der Waals surface area contributed by atoms with Crippen LogP contribution >= 0.6 is 23.4 Å². The van der Waals surface area contributed by atoms with Gasteiger partial charge in [0.25, 0.3) is 25.8 Å². The summed E-state index contributed by atoms with van der Waals surface area (Å²) in [6, 6.07) is 26.0. The Labute approximate surface area is 377 Å². The Morgan fingerprint density at radius 2 is 1.51 bits per heavy atom. The molecule has 0 spiro atoms. The molecule has 1 amide bonds. The normalized spacial score (nSPS) is 20.0. The van der Waals surface area contributed by atoms with Crippen molar-refractivity contribution in [1.82, 2.24) is 14.5 Å². The minimum absolute atomic E-state index is 0.00644. The number of carbonyl (C=O) groups excluding carboxylic acids is 1. The molecule has 0 radical (unpaired) electrons. The summed E-state index contributed by atoms with van der Waals surface area (Å²) in [6.07, 6.45) is 5.26. The number of benzene rings is 4. The number of sulfone groups is 1. The molecule has 0 aromatic heterocycles. The Kier molecular flexibility index (Phi) is 15.7. The summed E-state index contributed by atoms with van der Waals surface area (Å²) < 4.78 is 103. The van der Waals surface area contributed by atoms with E-state index in [2.05, 4.69) is 32.1 Å². The number of rotatable bonds is 16. The molecule has 2 N–H and O–H groups in total. The van der Waals surface area contributed by atoms with Crippen molar-refractivity contribution in [2.45, 2.75) is 64.3 Å². The first-order chi connectivity index (χ1) is 30.2. The molecule has 3 fully saturated rings. The second-order valence-electron chi connectivity index (χ2n) is 16.3. The summed E-state index contributed by atoms with van der Waals surface area (Å²) >= 11 is 7.61. The highest BCUT2D eigenvalue weighted by Gasteiger charge is 2.48. The van der Waals surface area contributed by atoms with Crippen LogP contribution < -0.4 is 14.9 Å². The van der Waals surface area contributed by atoms with Crippen molar-refractivity contribution in [1.29, 1.82) is 0 Å². The van der Waals surface area contributed by atoms with Crippen LogP contribution in [0.2, 0.25) is 5.02 Å². The molecular formula is C45H53ClF3N5O6S3. The van der Waals surface area contributed by atoms with Gasteiger partial charge in [0.1, 0.15) is 4.90 Å². The van der Waals surface area contributed by atoms with Gasteiger partial charge in [-0.15, -0.1) is 11.8 Å². The maximum atomic E-state index is 14.2. The van der Waals surface area contributed by atoms with Gasteiger partial charge in [-0.2, -0.15) is 13.2 Å². The first kappa shape index (κ1) is 47.1. The van der Waals surface area contributed by atoms with Crippen molar-refractivity contribution in [3.8, 4) is 0 Å². The molecule has 4 aromatic carbocycles. The quantitative estimate of drug-likeness (QED) is 0.106. The molecule has 18 heteroatoms. The molecule has 0 unspecified atom stereocenters. The smallest absolute Gasteiger partial charge is 0.380 e. The summed E-state index contributed by atoms with van der Waals surface area (Å²) in [4.78, 5) is 19.0. The lowest BCUT2D eigenvalue weighted by atomic mass is 9.75. The highest BCUT2D eigenvalue weighted by Crippen LogP contribution is 2.39. The third kappa shape index (κ3) is 12.3. The number of ether oxygens (including phenoxy) is 1. The Morgan fingerprint density at radius 3 is 2.19 bits per heavy atom. The van der Waals surface area contributed by atoms with Crippen molar-refractivity contribution < 1.29 is 39.5 Å². The zero-order chi connectivity index (χ0) is 44.6. The van der Waals surface area contributed by atoms with Crippen LogP contribution in [0.15, 0.2) is 112 Å². The van der Waals surface area contributed by atoms with E-state index in [4.69, 9.17) is 16.3 Å². The van der Waals surface area contributed by atoms with Gasteiger partial charge in [-0.05, 0) is 103 Å². The van der Waals surface area contributed by atoms with E-state index in [1.807, 2.05) is 47.2 Å². The van der Waals surface area contributed by atoms with E-state index in [1.54, 1.807) is 12.1 Å². The number of anilines is 2. The maximum Gasteiger partial charge on any atom is 0.501 e. The average molecular weight is 949 g/mol. The summed E-state index contributed by atoms with van der Waals surface area (Å²) in [6.45, 7) is 7.32. The number of piperazine rings is 1. The van der Waals surface area contributed by atoms with Crippen LogP contribution in [0.4, 0.5) is 24.5 Å². The van der Waals surface area contributed by atoms with Crippen LogP contribution in [-0.4, -0.2) is 115 Å². The Bertz CT molecular complexity index is 2370. The fourth-order valence-electron chi connectivity index (χ4n) is 8.59. The molecule has 4 aromatic rings. The van der Waals surface area contributed by atoms with Gasteiger partial charge >= 0.3 is 5.51 Å². The molecule has 1 saturated carbocycles. The fraction of sp³-hybridized carbons (Fsp3) is 0.444. The zero-order valence-electron chi connectivity index (χ0n) is 34.8. The van der Waals surface area contributed by atoms with E-state index >= 15 is 0 Å². The van der Waals surface area contributed by atoms with Crippen LogP contribution in [0.25, 0.3) is 0 Å². The molecule has 2 aliphatic heterocycles. The monoisotopic (exact) mass is 947 g/mol. The van der Waals surface area contributed by atoms with Gasteiger partial charge in [-0.25, -0.2) is 21.6 Å². The molecule has 340 valence electrons. The third-order valence-corrected chi connectivity index (χ3v) is 16.4. The first-order valence-electron chi connectivity index (χ1n) is 21.3. The number of nitrogens with zero attached hydrogens (tertiary/aromatic N) is 3. The summed E-state index contributed by atoms with van der Waals surface area (Å²) in [5.41, 5.74) is -3.92. The number of hydrogen-bond acceptors (Lipinski definition) is 11. The topological polar surface area (TPSA) is 128 Å². The lowest BCUT2D eigenvalue weighted by Gasteiger charge is -2.40. The van der Waals surface area contributed by atoms with Crippen molar-refractivity contribution >= 4 is 60.5 Å². The van der Waals surface area contributed by atoms with Crippen LogP contribution in [-0.2, 0) is 24.6 Å². The highest BCUT2D eigenvalue weighted by molar-refractivity contribution is 7.99. The standard InChI is InChI=1S/C45H53ClF3N5O6S3/c46-36-14-10-33(11-15-36)41-9-5-4-6-35(41)31-53-22-24-54(25-23-53)38-16-12-34(13-17-38)44(55)51-63(58,59)40-18-19-42(43(30-40)62(56,57)45(47,48)49)50-37(20-21-52-26-28-60-29-27-52)32-61-39-7-2-1-3-8-39/h1-3,7-8,10-19,30,35,37,41,50H,4-6,9,20-29,31-32H2,(H,51,55)/t35-,37+,41-/m0/s1. The van der Waals surface area contributed by atoms with E-state index in [0.717, 1.165) is 60.5 Å². The zero-order valence-corrected chi connectivity index (χ0v) is 38.0. The minimum Gasteiger partial charge on any atom is -0.380 e. The van der Waals surface area contributed by atoms with Gasteiger partial charge < -0.3 is 15.0 Å². The predicted octanol–water partition coefficient (Wildman–Crippen LogP) is 8.14. The third-order valence-electron chi connectivity index (χ3n) is 12.1. The molecule has 11 nitrogen and oxygen atoms in total. The van der Waals surface area contributed by atoms with E-state index in [-0.39, 0.29) is 5.56 Å². The SMILES string of the molecule is O=C(NS(=O)(=O)c1ccc(N[C@H](CCN2CCOCC2)CSc2ccccc2)c(S(=O)(=O)C(F)(F)F)c1)c1ccc(N2CCN(C[C@@H]3CCCC[C@H]3c3ccc(Cl)cc3)CC2)cc1. The van der Waals surface area contributed by atoms with Gasteiger partial charge in [-0.3, -0.25) is 14.6 Å². The average Bonchev–Trinajstić information content (AvgIpc) is 3.28. The number of nitrogens with one attached hydrogen (secondary N) is 2. The minimum atomic E-state index is -6.05. The first-order valence-corrected chi connectivity index (χ1v) is 25.6. The Hall–Kier alpha value is -3.84. The maximum absolute atomic E-state index is 14.2. The number of sulfonamides is 1. The Balaban J connectivity index is 1.00. The molecule has 63 heavy (non-hydrogen) atoms. The lowest BCUT2D eigenvalue weighted by molar-refractivity contribution is -0.0435. The van der Waals surface area contributed by atoms with Crippen LogP contribution in [0.3, 0.4) is 0 Å². The van der Waals surface area contributed by atoms with Crippen molar-refractivity contribution in [2.24, 2.45) is 5.92 Å². The number of thioether (sulfide) groups is 1. The fourth-order valence-corrected chi connectivity index (χ4v) is 11.7. The van der Waals surface area contributed by atoms with E-state index in [9.17, 15) is 34.8 Å². The van der Waals surface area contributed by atoms with Gasteiger partial charge in [0.15, 0.2) is 0 Å². The van der Waals surface area contributed by atoms with Crippen molar-refractivity contribution in [3.05, 3.63) is 113 Å². The number of hydrogen-bond donors (Lipinski definition) is 2. The number of morpholine rings is 1. The van der Waals surface area contributed by atoms with Gasteiger partial charge in [0.05, 0.1) is 23.8 Å². The number of carbonyl (C=O) groups is 1. The summed E-state index contributed by atoms with van der Waals surface area (Å²) in [7, 11) is -10.9. The van der Waals surface area contributed by atoms with Crippen molar-refractivity contribution in [3.63, 3.8) is 0 Å². The van der Waals surface area contributed by atoms with E-state index < -0.39 is 52.8 Å². The van der Waals surface area contributed by atoms with Crippen LogP contribution in [0.1, 0.15) is 53.9 Å². The second kappa shape index (κ2) is 21.0. The van der Waals surface area contributed by atoms with Gasteiger partial charge in [-0.1, -0.05) is 54.8 Å². The van der Waals surface area contributed by atoms with E-state index in [1.165, 1.54) is 55.1 Å². The largest absolute Gasteiger partial charge is 0.501 e. The Morgan fingerprint density at radius 1 is 0.825 bits per heavy atom. The molecule has 2 heterocycles. The second-order valence-corrected chi connectivity index (χ2v) is 21.4. The van der Waals surface area contributed by atoms with Gasteiger partial charge in [0, 0.05) is 85.3 Å². The summed E-state index contributed by atoms with van der Waals surface area (Å²) in [5.74, 6) is 0.425. The van der Waals surface area contributed by atoms with Crippen molar-refractivity contribution in [2.75, 3.05) is 81.5 Å². The lowest BCUT2D eigenvalue weighted by Crippen LogP contribution is -2.48. The molecule has 3 aliphatic rings. The van der Waals surface area contributed by atoms with Crippen LogP contribution in [0, 0.1) is 5.92 Å². The molecule has 1 aliphatic carbocycles. The predicted molar refractivity (Wildman–Crippen MR) is 242 cm³/mol. The number of halogens is 4. The summed E-state index contributed by atoms with van der Waals surface area (Å²) in [5, 5.41) is 3.73. The number of amides is 1. The van der Waals surface area contributed by atoms with Crippen LogP contribution in [0.5, 0.6) is 0 Å². The molecule has 0 bridgehead atoms. The molecule has 7 rings (SSSR count).